The van der Waals surface area contributed by atoms with Crippen molar-refractivity contribution in [2.45, 2.75) is 44.8 Å². The molecule has 0 radical (unpaired) electrons. The molecule has 6 heteroatoms. The molecule has 0 aromatic carbocycles. The average molecular weight is 312 g/mol. The molecular weight excluding hydrogens is 288 g/mol. The van der Waals surface area contributed by atoms with Gasteiger partial charge in [-0.2, -0.15) is 0 Å². The van der Waals surface area contributed by atoms with E-state index in [1.54, 1.807) is 0 Å². The third-order valence-corrected chi connectivity index (χ3v) is 3.88. The molecule has 0 amide bonds. The molecule has 0 saturated heterocycles. The highest BCUT2D eigenvalue weighted by atomic mass is 16.6. The van der Waals surface area contributed by atoms with E-state index in [-0.39, 0.29) is 23.7 Å². The minimum Gasteiger partial charge on any atom is -0.455 e. The van der Waals surface area contributed by atoms with Gasteiger partial charge in [0.15, 0.2) is 5.60 Å². The Morgan fingerprint density at radius 2 is 1.77 bits per heavy atom. The molecule has 0 aromatic rings. The quantitative estimate of drug-likeness (QED) is 0.564. The van der Waals surface area contributed by atoms with E-state index in [4.69, 9.17) is 9.47 Å². The van der Waals surface area contributed by atoms with Crippen molar-refractivity contribution in [1.29, 1.82) is 0 Å². The number of carbonyl (C=O) groups is 2. The largest absolute Gasteiger partial charge is 0.455 e. The standard InChI is InChI=1S/C16H24O6/c1-10(2)14(19)21-13-7-12(8-17)5-6-16(13,9-18)22-15(20)11(3)4/h12-13,17-18H,1,3,5-9H2,2,4H3. The minimum absolute atomic E-state index is 0.0585. The molecule has 124 valence electrons. The zero-order chi connectivity index (χ0) is 16.9. The summed E-state index contributed by atoms with van der Waals surface area (Å²) in [4.78, 5) is 23.7. The van der Waals surface area contributed by atoms with Crippen LogP contribution in [0.2, 0.25) is 0 Å². The molecule has 1 fully saturated rings. The third kappa shape index (κ3) is 4.18. The highest BCUT2D eigenvalue weighted by Crippen LogP contribution is 2.37. The molecule has 1 aliphatic rings. The Morgan fingerprint density at radius 3 is 2.23 bits per heavy atom. The molecule has 2 N–H and O–H groups in total. The molecule has 0 aromatic heterocycles. The Hall–Kier alpha value is -1.66. The SMILES string of the molecule is C=C(C)C(=O)OC1CC(CO)CCC1(CO)OC(=O)C(=C)C. The summed E-state index contributed by atoms with van der Waals surface area (Å²) in [6, 6.07) is 0. The number of hydrogen-bond donors (Lipinski definition) is 2. The molecular formula is C16H24O6. The van der Waals surface area contributed by atoms with Crippen LogP contribution in [0.1, 0.15) is 33.1 Å². The summed E-state index contributed by atoms with van der Waals surface area (Å²) in [5, 5.41) is 19.1. The van der Waals surface area contributed by atoms with Crippen LogP contribution in [0.3, 0.4) is 0 Å². The van der Waals surface area contributed by atoms with Gasteiger partial charge in [0, 0.05) is 17.8 Å². The van der Waals surface area contributed by atoms with Crippen molar-refractivity contribution in [3.8, 4) is 0 Å². The lowest BCUT2D eigenvalue weighted by Crippen LogP contribution is -2.55. The Kier molecular flexibility index (Phi) is 6.32. The van der Waals surface area contributed by atoms with Gasteiger partial charge in [0.1, 0.15) is 6.10 Å². The number of aliphatic hydroxyl groups excluding tert-OH is 2. The number of aliphatic hydroxyl groups is 2. The van der Waals surface area contributed by atoms with Gasteiger partial charge in [0.05, 0.1) is 6.61 Å². The highest BCUT2D eigenvalue weighted by Gasteiger charge is 2.49. The average Bonchev–Trinajstić information content (AvgIpc) is 2.48. The number of carbonyl (C=O) groups excluding carboxylic acids is 2. The van der Waals surface area contributed by atoms with Gasteiger partial charge in [0.2, 0.25) is 0 Å². The predicted molar refractivity (Wildman–Crippen MR) is 79.8 cm³/mol. The van der Waals surface area contributed by atoms with Crippen LogP contribution >= 0.6 is 0 Å². The lowest BCUT2D eigenvalue weighted by atomic mass is 9.76. The summed E-state index contributed by atoms with van der Waals surface area (Å²) in [6.07, 6.45) is 0.319. The molecule has 0 heterocycles. The molecule has 1 aliphatic carbocycles. The topological polar surface area (TPSA) is 93.1 Å². The third-order valence-electron chi connectivity index (χ3n) is 3.88. The van der Waals surface area contributed by atoms with E-state index >= 15 is 0 Å². The first-order valence-corrected chi connectivity index (χ1v) is 7.22. The second-order valence-corrected chi connectivity index (χ2v) is 5.89. The zero-order valence-corrected chi connectivity index (χ0v) is 13.1. The summed E-state index contributed by atoms with van der Waals surface area (Å²) in [7, 11) is 0. The van der Waals surface area contributed by atoms with Gasteiger partial charge in [0.25, 0.3) is 0 Å². The van der Waals surface area contributed by atoms with Crippen LogP contribution in [0.15, 0.2) is 24.3 Å². The molecule has 6 nitrogen and oxygen atoms in total. The van der Waals surface area contributed by atoms with E-state index in [0.717, 1.165) is 0 Å². The maximum absolute atomic E-state index is 11.9. The van der Waals surface area contributed by atoms with E-state index in [2.05, 4.69) is 13.2 Å². The van der Waals surface area contributed by atoms with Crippen molar-refractivity contribution in [1.82, 2.24) is 0 Å². The van der Waals surface area contributed by atoms with Gasteiger partial charge in [-0.1, -0.05) is 13.2 Å². The second kappa shape index (κ2) is 7.56. The van der Waals surface area contributed by atoms with E-state index in [9.17, 15) is 19.8 Å². The highest BCUT2D eigenvalue weighted by molar-refractivity contribution is 5.88. The van der Waals surface area contributed by atoms with Gasteiger partial charge in [-0.15, -0.1) is 0 Å². The molecule has 0 spiro atoms. The van der Waals surface area contributed by atoms with Crippen molar-refractivity contribution < 1.29 is 29.3 Å². The van der Waals surface area contributed by atoms with Gasteiger partial charge in [-0.3, -0.25) is 0 Å². The first kappa shape index (κ1) is 18.4. The number of ether oxygens (including phenoxy) is 2. The van der Waals surface area contributed by atoms with Crippen LogP contribution in [0.5, 0.6) is 0 Å². The molecule has 3 atom stereocenters. The van der Waals surface area contributed by atoms with Crippen molar-refractivity contribution in [3.05, 3.63) is 24.3 Å². The Morgan fingerprint density at radius 1 is 1.18 bits per heavy atom. The van der Waals surface area contributed by atoms with Gasteiger partial charge in [-0.05, 0) is 39.0 Å². The fourth-order valence-corrected chi connectivity index (χ4v) is 2.40. The lowest BCUT2D eigenvalue weighted by Gasteiger charge is -2.43. The number of hydrogen-bond acceptors (Lipinski definition) is 6. The molecule has 1 rings (SSSR count). The van der Waals surface area contributed by atoms with Crippen molar-refractivity contribution in [3.63, 3.8) is 0 Å². The Labute approximate surface area is 130 Å². The van der Waals surface area contributed by atoms with E-state index < -0.39 is 30.3 Å². The summed E-state index contributed by atoms with van der Waals surface area (Å²) < 4.78 is 10.8. The first-order chi connectivity index (χ1) is 10.3. The second-order valence-electron chi connectivity index (χ2n) is 5.89. The summed E-state index contributed by atoms with van der Waals surface area (Å²) in [5.74, 6) is -1.34. The van der Waals surface area contributed by atoms with E-state index in [0.29, 0.717) is 19.3 Å². The van der Waals surface area contributed by atoms with Crippen LogP contribution in [-0.2, 0) is 19.1 Å². The Balaban J connectivity index is 3.02. The van der Waals surface area contributed by atoms with Crippen LogP contribution in [0, 0.1) is 5.92 Å². The number of esters is 2. The summed E-state index contributed by atoms with van der Waals surface area (Å²) in [6.45, 7) is 9.51. The smallest absolute Gasteiger partial charge is 0.333 e. The monoisotopic (exact) mass is 312 g/mol. The summed E-state index contributed by atoms with van der Waals surface area (Å²) in [5.41, 5.74) is -0.904. The molecule has 1 saturated carbocycles. The normalized spacial score (nSPS) is 27.8. The van der Waals surface area contributed by atoms with Crippen LogP contribution in [0.4, 0.5) is 0 Å². The molecule has 3 unspecified atom stereocenters. The van der Waals surface area contributed by atoms with Crippen molar-refractivity contribution >= 4 is 11.9 Å². The van der Waals surface area contributed by atoms with Gasteiger partial charge < -0.3 is 19.7 Å². The van der Waals surface area contributed by atoms with Crippen molar-refractivity contribution in [2.24, 2.45) is 5.92 Å². The van der Waals surface area contributed by atoms with Crippen LogP contribution in [0.25, 0.3) is 0 Å². The maximum Gasteiger partial charge on any atom is 0.333 e. The van der Waals surface area contributed by atoms with Gasteiger partial charge in [-0.25, -0.2) is 9.59 Å². The zero-order valence-electron chi connectivity index (χ0n) is 13.1. The predicted octanol–water partition coefficient (Wildman–Crippen LogP) is 1.12. The molecule has 22 heavy (non-hydrogen) atoms. The minimum atomic E-state index is -1.31. The molecule has 0 aliphatic heterocycles. The van der Waals surface area contributed by atoms with Crippen LogP contribution < -0.4 is 0 Å². The van der Waals surface area contributed by atoms with E-state index in [1.807, 2.05) is 0 Å². The van der Waals surface area contributed by atoms with Crippen LogP contribution in [-0.4, -0.2) is 47.1 Å². The first-order valence-electron chi connectivity index (χ1n) is 7.22. The molecule has 0 bridgehead atoms. The van der Waals surface area contributed by atoms with Gasteiger partial charge >= 0.3 is 11.9 Å². The maximum atomic E-state index is 11.9. The number of rotatable bonds is 6. The fourth-order valence-electron chi connectivity index (χ4n) is 2.40. The van der Waals surface area contributed by atoms with Crippen molar-refractivity contribution in [2.75, 3.05) is 13.2 Å². The fraction of sp³-hybridized carbons (Fsp3) is 0.625. The lowest BCUT2D eigenvalue weighted by molar-refractivity contribution is -0.201. The Bertz CT molecular complexity index is 469. The summed E-state index contributed by atoms with van der Waals surface area (Å²) >= 11 is 0. The van der Waals surface area contributed by atoms with E-state index in [1.165, 1.54) is 13.8 Å².